The van der Waals surface area contributed by atoms with E-state index in [9.17, 15) is 9.90 Å². The van der Waals surface area contributed by atoms with Crippen molar-refractivity contribution < 1.29 is 14.6 Å². The van der Waals surface area contributed by atoms with Crippen LogP contribution in [-0.4, -0.2) is 53.8 Å². The molecule has 128 valence electrons. The molecule has 1 saturated heterocycles. The lowest BCUT2D eigenvalue weighted by molar-refractivity contribution is -0.136. The van der Waals surface area contributed by atoms with Gasteiger partial charge in [0.15, 0.2) is 0 Å². The number of piperazine rings is 1. The van der Waals surface area contributed by atoms with Crippen LogP contribution < -0.4 is 5.32 Å². The summed E-state index contributed by atoms with van der Waals surface area (Å²) >= 11 is 5.87. The molecule has 2 N–H and O–H groups in total. The SMILES string of the molecule is CC(OCC(O)CN1CCNC(=O)C1(C)C)c1ccc(Cl)cc1. The summed E-state index contributed by atoms with van der Waals surface area (Å²) in [6.07, 6.45) is -0.769. The Morgan fingerprint density at radius 2 is 2.04 bits per heavy atom. The van der Waals surface area contributed by atoms with Crippen LogP contribution in [0, 0.1) is 0 Å². The van der Waals surface area contributed by atoms with Crippen LogP contribution in [0.1, 0.15) is 32.4 Å². The number of β-amino-alcohol motifs (C(OH)–C–C–N with tert-alkyl or cyclic N) is 1. The van der Waals surface area contributed by atoms with Gasteiger partial charge < -0.3 is 15.2 Å². The van der Waals surface area contributed by atoms with Gasteiger partial charge in [0.05, 0.1) is 24.4 Å². The maximum atomic E-state index is 11.9. The third-order valence-electron chi connectivity index (χ3n) is 4.32. The van der Waals surface area contributed by atoms with Crippen LogP contribution in [-0.2, 0) is 9.53 Å². The fourth-order valence-corrected chi connectivity index (χ4v) is 2.78. The lowest BCUT2D eigenvalue weighted by Crippen LogP contribution is -2.63. The van der Waals surface area contributed by atoms with E-state index >= 15 is 0 Å². The monoisotopic (exact) mass is 340 g/mol. The van der Waals surface area contributed by atoms with Gasteiger partial charge in [-0.3, -0.25) is 9.69 Å². The van der Waals surface area contributed by atoms with Crippen molar-refractivity contribution in [2.24, 2.45) is 0 Å². The number of nitrogens with one attached hydrogen (secondary N) is 1. The Morgan fingerprint density at radius 1 is 1.39 bits per heavy atom. The van der Waals surface area contributed by atoms with E-state index in [2.05, 4.69) is 5.32 Å². The molecular weight excluding hydrogens is 316 g/mol. The van der Waals surface area contributed by atoms with Crippen LogP contribution in [0.2, 0.25) is 5.02 Å². The Balaban J connectivity index is 1.83. The van der Waals surface area contributed by atoms with Gasteiger partial charge in [0, 0.05) is 24.7 Å². The number of halogens is 1. The van der Waals surface area contributed by atoms with Crippen LogP contribution in [0.15, 0.2) is 24.3 Å². The molecule has 23 heavy (non-hydrogen) atoms. The zero-order valence-electron chi connectivity index (χ0n) is 13.9. The molecule has 0 bridgehead atoms. The van der Waals surface area contributed by atoms with Gasteiger partial charge in [-0.1, -0.05) is 23.7 Å². The highest BCUT2D eigenvalue weighted by Gasteiger charge is 2.38. The summed E-state index contributed by atoms with van der Waals surface area (Å²) < 4.78 is 5.75. The molecule has 1 fully saturated rings. The molecule has 0 aliphatic carbocycles. The molecule has 1 heterocycles. The minimum atomic E-state index is -0.644. The molecule has 6 heteroatoms. The van der Waals surface area contributed by atoms with E-state index in [-0.39, 0.29) is 18.6 Å². The highest BCUT2D eigenvalue weighted by molar-refractivity contribution is 6.30. The molecule has 1 amide bonds. The van der Waals surface area contributed by atoms with Gasteiger partial charge in [-0.05, 0) is 38.5 Å². The normalized spacial score (nSPS) is 20.8. The number of amides is 1. The first kappa shape index (κ1) is 18.2. The van der Waals surface area contributed by atoms with E-state index < -0.39 is 11.6 Å². The summed E-state index contributed by atoms with van der Waals surface area (Å²) in [7, 11) is 0. The second kappa shape index (κ2) is 7.62. The standard InChI is InChI=1S/C17H25ClN2O3/c1-12(13-4-6-14(18)7-5-13)23-11-15(21)10-20-9-8-19-16(22)17(20,2)3/h4-7,12,15,21H,8-11H2,1-3H3,(H,19,22). The fraction of sp³-hybridized carbons (Fsp3) is 0.588. The molecule has 1 aliphatic heterocycles. The molecule has 2 rings (SSSR count). The Kier molecular flexibility index (Phi) is 6.03. The number of ether oxygens (including phenoxy) is 1. The average Bonchev–Trinajstić information content (AvgIpc) is 2.50. The zero-order valence-corrected chi connectivity index (χ0v) is 14.6. The van der Waals surface area contributed by atoms with Crippen molar-refractivity contribution in [3.8, 4) is 0 Å². The summed E-state index contributed by atoms with van der Waals surface area (Å²) in [5, 5.41) is 13.8. The van der Waals surface area contributed by atoms with Crippen LogP contribution in [0.25, 0.3) is 0 Å². The largest absolute Gasteiger partial charge is 0.389 e. The minimum absolute atomic E-state index is 0.00796. The first-order valence-corrected chi connectivity index (χ1v) is 8.27. The van der Waals surface area contributed by atoms with Gasteiger partial charge >= 0.3 is 0 Å². The molecule has 1 aromatic carbocycles. The van der Waals surface area contributed by atoms with Crippen molar-refractivity contribution >= 4 is 17.5 Å². The van der Waals surface area contributed by atoms with E-state index in [1.54, 1.807) is 0 Å². The van der Waals surface area contributed by atoms with Crippen molar-refractivity contribution in [1.82, 2.24) is 10.2 Å². The number of carbonyl (C=O) groups is 1. The Morgan fingerprint density at radius 3 is 2.70 bits per heavy atom. The lowest BCUT2D eigenvalue weighted by Gasteiger charge is -2.42. The maximum absolute atomic E-state index is 11.9. The average molecular weight is 341 g/mol. The molecule has 0 aromatic heterocycles. The quantitative estimate of drug-likeness (QED) is 0.831. The summed E-state index contributed by atoms with van der Waals surface area (Å²) in [6.45, 7) is 7.64. The van der Waals surface area contributed by atoms with Crippen LogP contribution >= 0.6 is 11.6 Å². The molecule has 0 radical (unpaired) electrons. The van der Waals surface area contributed by atoms with Crippen molar-refractivity contribution in [3.05, 3.63) is 34.9 Å². The molecule has 1 aromatic rings. The smallest absolute Gasteiger partial charge is 0.240 e. The highest BCUT2D eigenvalue weighted by atomic mass is 35.5. The molecule has 0 spiro atoms. The Bertz CT molecular complexity index is 533. The van der Waals surface area contributed by atoms with E-state index in [0.717, 1.165) is 12.1 Å². The third kappa shape index (κ3) is 4.67. The topological polar surface area (TPSA) is 61.8 Å². The van der Waals surface area contributed by atoms with Gasteiger partial charge in [0.1, 0.15) is 0 Å². The zero-order chi connectivity index (χ0) is 17.0. The van der Waals surface area contributed by atoms with Crippen molar-refractivity contribution in [2.45, 2.75) is 38.5 Å². The number of rotatable bonds is 6. The number of nitrogens with zero attached hydrogens (tertiary/aromatic N) is 1. The maximum Gasteiger partial charge on any atom is 0.240 e. The number of hydrogen-bond acceptors (Lipinski definition) is 4. The molecule has 0 saturated carbocycles. The highest BCUT2D eigenvalue weighted by Crippen LogP contribution is 2.21. The predicted molar refractivity (Wildman–Crippen MR) is 90.5 cm³/mol. The fourth-order valence-electron chi connectivity index (χ4n) is 2.66. The summed E-state index contributed by atoms with van der Waals surface area (Å²) in [5.41, 5.74) is 0.403. The summed E-state index contributed by atoms with van der Waals surface area (Å²) in [4.78, 5) is 13.9. The summed E-state index contributed by atoms with van der Waals surface area (Å²) in [5.74, 6) is -0.00796. The lowest BCUT2D eigenvalue weighted by atomic mass is 9.98. The van der Waals surface area contributed by atoms with Gasteiger partial charge in [-0.15, -0.1) is 0 Å². The second-order valence-corrected chi connectivity index (χ2v) is 6.88. The number of hydrogen-bond donors (Lipinski definition) is 2. The van der Waals surface area contributed by atoms with E-state index in [1.807, 2.05) is 49.9 Å². The van der Waals surface area contributed by atoms with Crippen molar-refractivity contribution in [2.75, 3.05) is 26.2 Å². The van der Waals surface area contributed by atoms with Crippen molar-refractivity contribution in [1.29, 1.82) is 0 Å². The van der Waals surface area contributed by atoms with Gasteiger partial charge in [0.2, 0.25) is 5.91 Å². The summed E-state index contributed by atoms with van der Waals surface area (Å²) in [6, 6.07) is 7.47. The molecule has 5 nitrogen and oxygen atoms in total. The molecule has 2 unspecified atom stereocenters. The van der Waals surface area contributed by atoms with Gasteiger partial charge in [-0.2, -0.15) is 0 Å². The Labute approximate surface area is 142 Å². The molecular formula is C17H25ClN2O3. The van der Waals surface area contributed by atoms with E-state index in [4.69, 9.17) is 16.3 Å². The number of benzene rings is 1. The molecule has 2 atom stereocenters. The first-order chi connectivity index (χ1) is 10.8. The second-order valence-electron chi connectivity index (χ2n) is 6.44. The first-order valence-electron chi connectivity index (χ1n) is 7.89. The number of carbonyl (C=O) groups excluding carboxylic acids is 1. The molecule has 1 aliphatic rings. The van der Waals surface area contributed by atoms with Gasteiger partial charge in [-0.25, -0.2) is 0 Å². The van der Waals surface area contributed by atoms with E-state index in [0.29, 0.717) is 18.1 Å². The van der Waals surface area contributed by atoms with Crippen LogP contribution in [0.5, 0.6) is 0 Å². The number of aliphatic hydroxyl groups excluding tert-OH is 1. The van der Waals surface area contributed by atoms with E-state index in [1.165, 1.54) is 0 Å². The van der Waals surface area contributed by atoms with Crippen molar-refractivity contribution in [3.63, 3.8) is 0 Å². The van der Waals surface area contributed by atoms with Crippen LogP contribution in [0.3, 0.4) is 0 Å². The predicted octanol–water partition coefficient (Wildman–Crippen LogP) is 1.99. The third-order valence-corrected chi connectivity index (χ3v) is 4.57. The minimum Gasteiger partial charge on any atom is -0.389 e. The van der Waals surface area contributed by atoms with Crippen LogP contribution in [0.4, 0.5) is 0 Å². The Hall–Kier alpha value is -1.14. The van der Waals surface area contributed by atoms with Gasteiger partial charge in [0.25, 0.3) is 0 Å². The number of aliphatic hydroxyl groups is 1.